The van der Waals surface area contributed by atoms with Crippen LogP contribution in [-0.2, 0) is 19.1 Å². The molecule has 42 heavy (non-hydrogen) atoms. The predicted octanol–water partition coefficient (Wildman–Crippen LogP) is 4.14. The van der Waals surface area contributed by atoms with Crippen molar-refractivity contribution in [1.29, 1.82) is 0 Å². The van der Waals surface area contributed by atoms with Gasteiger partial charge in [-0.25, -0.2) is 9.59 Å². The summed E-state index contributed by atoms with van der Waals surface area (Å²) >= 11 is 0. The first-order chi connectivity index (χ1) is 20.2. The Morgan fingerprint density at radius 3 is 2.31 bits per heavy atom. The zero-order valence-electron chi connectivity index (χ0n) is 24.3. The topological polar surface area (TPSA) is 149 Å². The van der Waals surface area contributed by atoms with Crippen LogP contribution in [0.3, 0.4) is 0 Å². The van der Waals surface area contributed by atoms with E-state index in [0.29, 0.717) is 24.4 Å². The summed E-state index contributed by atoms with van der Waals surface area (Å²) < 4.78 is 16.1. The molecule has 2 unspecified atom stereocenters. The summed E-state index contributed by atoms with van der Waals surface area (Å²) in [6.07, 6.45) is 2.63. The molecule has 0 amide bonds. The van der Waals surface area contributed by atoms with Gasteiger partial charge in [0.15, 0.2) is 0 Å². The number of esters is 2. The molecule has 3 N–H and O–H groups in total. The highest BCUT2D eigenvalue weighted by molar-refractivity contribution is 6.00. The monoisotopic (exact) mass is 581 g/mol. The van der Waals surface area contributed by atoms with Gasteiger partial charge in [0, 0.05) is 29.6 Å². The second kappa shape index (κ2) is 16.3. The molecule has 0 spiro atoms. The fourth-order valence-electron chi connectivity index (χ4n) is 4.84. The number of methoxy groups -OCH3 is 1. The maximum Gasteiger partial charge on any atom is 0.336 e. The number of dihydropyridines is 1. The fourth-order valence-corrected chi connectivity index (χ4v) is 4.84. The number of hydrogen-bond acceptors (Lipinski definition) is 10. The van der Waals surface area contributed by atoms with Crippen molar-refractivity contribution in [2.24, 2.45) is 0 Å². The van der Waals surface area contributed by atoms with E-state index in [1.165, 1.54) is 25.3 Å². The normalized spacial score (nSPS) is 15.6. The highest BCUT2D eigenvalue weighted by atomic mass is 16.6. The molecule has 1 aliphatic heterocycles. The molecule has 2 aromatic carbocycles. The maximum absolute atomic E-state index is 13.3. The van der Waals surface area contributed by atoms with Crippen LogP contribution in [0.15, 0.2) is 77.1 Å². The van der Waals surface area contributed by atoms with Crippen LogP contribution in [0.5, 0.6) is 5.75 Å². The molecule has 1 aliphatic rings. The number of ether oxygens (including phenoxy) is 3. The van der Waals surface area contributed by atoms with Crippen molar-refractivity contribution in [3.8, 4) is 5.75 Å². The molecule has 226 valence electrons. The fraction of sp³-hybridized carbons (Fsp3) is 0.419. The molecule has 0 saturated carbocycles. The van der Waals surface area contributed by atoms with E-state index in [0.717, 1.165) is 31.6 Å². The molecule has 11 nitrogen and oxygen atoms in total. The molecule has 2 atom stereocenters. The van der Waals surface area contributed by atoms with Gasteiger partial charge >= 0.3 is 11.9 Å². The summed E-state index contributed by atoms with van der Waals surface area (Å²) in [5, 5.41) is 28.1. The number of aliphatic hydroxyl groups is 1. The third-order valence-electron chi connectivity index (χ3n) is 6.88. The third kappa shape index (κ3) is 8.89. The Balaban J connectivity index is 1.48. The van der Waals surface area contributed by atoms with E-state index in [1.807, 2.05) is 30.3 Å². The average molecular weight is 582 g/mol. The lowest BCUT2D eigenvalue weighted by Crippen LogP contribution is -2.32. The number of para-hydroxylation sites is 2. The number of nitro benzene ring substituents is 1. The smallest absolute Gasteiger partial charge is 0.336 e. The molecular formula is C31H39N3O8. The van der Waals surface area contributed by atoms with E-state index in [1.54, 1.807) is 19.9 Å². The summed E-state index contributed by atoms with van der Waals surface area (Å²) in [7, 11) is 1.22. The largest absolute Gasteiger partial charge is 0.491 e. The van der Waals surface area contributed by atoms with Crippen molar-refractivity contribution < 1.29 is 33.8 Å². The minimum Gasteiger partial charge on any atom is -0.491 e. The number of nitrogens with zero attached hydrogens (tertiary/aromatic N) is 1. The van der Waals surface area contributed by atoms with Crippen molar-refractivity contribution >= 4 is 17.6 Å². The summed E-state index contributed by atoms with van der Waals surface area (Å²) in [4.78, 5) is 37.3. The molecule has 0 aliphatic carbocycles. The number of benzene rings is 2. The standard InChI is InChI=1S/C31H39N3O8/c1-21-27(30(36)40-3)29(25-15-9-10-16-26(25)34(38)39)28(22(2)33-21)31(37)41-18-12-5-4-11-17-32-19-23(35)20-42-24-13-7-6-8-14-24/h6-10,13-16,23,29,32-33,35H,4-5,11-12,17-20H2,1-3H3. The first-order valence-corrected chi connectivity index (χ1v) is 14.0. The Morgan fingerprint density at radius 1 is 0.976 bits per heavy atom. The maximum atomic E-state index is 13.3. The molecule has 0 radical (unpaired) electrons. The molecule has 0 bridgehead atoms. The van der Waals surface area contributed by atoms with Crippen LogP contribution in [0.1, 0.15) is 51.0 Å². The van der Waals surface area contributed by atoms with E-state index in [-0.39, 0.29) is 35.6 Å². The van der Waals surface area contributed by atoms with E-state index in [2.05, 4.69) is 10.6 Å². The molecular weight excluding hydrogens is 542 g/mol. The van der Waals surface area contributed by atoms with Crippen LogP contribution in [-0.4, -0.2) is 61.5 Å². The first-order valence-electron chi connectivity index (χ1n) is 14.0. The van der Waals surface area contributed by atoms with Crippen LogP contribution in [0.2, 0.25) is 0 Å². The first kappa shape index (κ1) is 32.3. The van der Waals surface area contributed by atoms with E-state index >= 15 is 0 Å². The lowest BCUT2D eigenvalue weighted by atomic mass is 9.79. The Labute approximate surface area is 245 Å². The minimum absolute atomic E-state index is 0.119. The minimum atomic E-state index is -1.02. The lowest BCUT2D eigenvalue weighted by Gasteiger charge is -2.30. The number of hydrogen-bond donors (Lipinski definition) is 3. The van der Waals surface area contributed by atoms with Crippen LogP contribution in [0, 0.1) is 10.1 Å². The molecule has 0 saturated heterocycles. The van der Waals surface area contributed by atoms with Crippen molar-refractivity contribution in [1.82, 2.24) is 10.6 Å². The molecule has 2 aromatic rings. The number of nitrogens with one attached hydrogen (secondary N) is 2. The van der Waals surface area contributed by atoms with Gasteiger partial charge in [0.05, 0.1) is 35.7 Å². The summed E-state index contributed by atoms with van der Waals surface area (Å²) in [5.74, 6) is -1.64. The average Bonchev–Trinajstić information content (AvgIpc) is 2.98. The van der Waals surface area contributed by atoms with Gasteiger partial charge in [-0.2, -0.15) is 0 Å². The van der Waals surface area contributed by atoms with Gasteiger partial charge in [-0.05, 0) is 45.4 Å². The third-order valence-corrected chi connectivity index (χ3v) is 6.88. The van der Waals surface area contributed by atoms with Crippen molar-refractivity contribution in [2.45, 2.75) is 51.6 Å². The number of nitro groups is 1. The van der Waals surface area contributed by atoms with E-state index in [4.69, 9.17) is 14.2 Å². The number of allylic oxidation sites excluding steroid dienone is 2. The molecule has 0 aromatic heterocycles. The van der Waals surface area contributed by atoms with Gasteiger partial charge in [-0.15, -0.1) is 0 Å². The highest BCUT2D eigenvalue weighted by Gasteiger charge is 2.40. The van der Waals surface area contributed by atoms with Crippen LogP contribution < -0.4 is 15.4 Å². The lowest BCUT2D eigenvalue weighted by molar-refractivity contribution is -0.385. The highest BCUT2D eigenvalue weighted by Crippen LogP contribution is 2.42. The number of unbranched alkanes of at least 4 members (excludes halogenated alkanes) is 3. The van der Waals surface area contributed by atoms with Gasteiger partial charge < -0.3 is 30.0 Å². The van der Waals surface area contributed by atoms with Crippen LogP contribution >= 0.6 is 0 Å². The summed E-state index contributed by atoms with van der Waals surface area (Å²) in [5.41, 5.74) is 1.16. The zero-order valence-corrected chi connectivity index (χ0v) is 24.3. The van der Waals surface area contributed by atoms with Crippen LogP contribution in [0.4, 0.5) is 5.69 Å². The van der Waals surface area contributed by atoms with Gasteiger partial charge in [0.1, 0.15) is 18.5 Å². The predicted molar refractivity (Wildman–Crippen MR) is 157 cm³/mol. The summed E-state index contributed by atoms with van der Waals surface area (Å²) in [6.45, 7) is 4.87. The summed E-state index contributed by atoms with van der Waals surface area (Å²) in [6, 6.07) is 15.4. The van der Waals surface area contributed by atoms with Crippen molar-refractivity contribution in [2.75, 3.05) is 33.4 Å². The quantitative estimate of drug-likeness (QED) is 0.114. The van der Waals surface area contributed by atoms with Gasteiger partial charge in [-0.3, -0.25) is 10.1 Å². The van der Waals surface area contributed by atoms with E-state index in [9.17, 15) is 24.8 Å². The Morgan fingerprint density at radius 2 is 1.62 bits per heavy atom. The molecule has 0 fully saturated rings. The van der Waals surface area contributed by atoms with Crippen molar-refractivity contribution in [3.63, 3.8) is 0 Å². The van der Waals surface area contributed by atoms with Gasteiger partial charge in [-0.1, -0.05) is 49.2 Å². The molecule has 11 heteroatoms. The number of rotatable bonds is 16. The Bertz CT molecular complexity index is 1290. The van der Waals surface area contributed by atoms with Crippen molar-refractivity contribution in [3.05, 3.63) is 92.8 Å². The number of carbonyl (C=O) groups is 2. The number of aliphatic hydroxyl groups excluding tert-OH is 1. The Hall–Kier alpha value is -4.22. The molecule has 3 rings (SSSR count). The SMILES string of the molecule is COC(=O)C1=C(C)NC(C)=C(C(=O)OCCCCCCNCC(O)COc2ccccc2)C1c1ccccc1[N+](=O)[O-]. The molecule has 1 heterocycles. The number of carbonyl (C=O) groups excluding carboxylic acids is 2. The zero-order chi connectivity index (χ0) is 30.5. The van der Waals surface area contributed by atoms with E-state index < -0.39 is 28.9 Å². The second-order valence-corrected chi connectivity index (χ2v) is 9.98. The van der Waals surface area contributed by atoms with Crippen LogP contribution in [0.25, 0.3) is 0 Å². The van der Waals surface area contributed by atoms with Gasteiger partial charge in [0.25, 0.3) is 5.69 Å². The van der Waals surface area contributed by atoms with Gasteiger partial charge in [0.2, 0.25) is 0 Å². The Kier molecular flexibility index (Phi) is 12.5. The second-order valence-electron chi connectivity index (χ2n) is 9.98.